The van der Waals surface area contributed by atoms with Crippen LogP contribution in [0.25, 0.3) is 0 Å². The molecule has 0 spiro atoms. The second-order valence-corrected chi connectivity index (χ2v) is 8.58. The second-order valence-electron chi connectivity index (χ2n) is 6.64. The Bertz CT molecular complexity index is 670. The third kappa shape index (κ3) is 3.63. The average Bonchev–Trinajstić information content (AvgIpc) is 2.62. The average molecular weight is 351 g/mol. The highest BCUT2D eigenvalue weighted by Crippen LogP contribution is 2.21. The van der Waals surface area contributed by atoms with Gasteiger partial charge in [0, 0.05) is 32.7 Å². The lowest BCUT2D eigenvalue weighted by molar-refractivity contribution is -0.138. The van der Waals surface area contributed by atoms with E-state index in [1.165, 1.54) is 4.31 Å². The number of amides is 1. The molecule has 2 fully saturated rings. The summed E-state index contributed by atoms with van der Waals surface area (Å²) in [5, 5.41) is 0. The Morgan fingerprint density at radius 3 is 2.33 bits per heavy atom. The molecule has 1 aromatic carbocycles. The Morgan fingerprint density at radius 2 is 1.71 bits per heavy atom. The smallest absolute Gasteiger partial charge is 0.243 e. The van der Waals surface area contributed by atoms with Gasteiger partial charge >= 0.3 is 0 Å². The zero-order valence-corrected chi connectivity index (χ0v) is 14.9. The number of sulfonamides is 1. The van der Waals surface area contributed by atoms with Crippen LogP contribution in [0.2, 0.25) is 0 Å². The van der Waals surface area contributed by atoms with E-state index in [9.17, 15) is 13.2 Å². The fourth-order valence-corrected chi connectivity index (χ4v) is 4.96. The van der Waals surface area contributed by atoms with Crippen molar-refractivity contribution in [2.24, 2.45) is 5.92 Å². The van der Waals surface area contributed by atoms with E-state index in [1.54, 1.807) is 30.3 Å². The van der Waals surface area contributed by atoms with Crippen LogP contribution in [0.4, 0.5) is 0 Å². The predicted octanol–water partition coefficient (Wildman–Crippen LogP) is 0.861. The van der Waals surface area contributed by atoms with Crippen molar-refractivity contribution in [1.29, 1.82) is 0 Å². The molecule has 2 aliphatic heterocycles. The van der Waals surface area contributed by atoms with E-state index in [2.05, 4.69) is 4.90 Å². The lowest BCUT2D eigenvalue weighted by Gasteiger charge is -2.37. The summed E-state index contributed by atoms with van der Waals surface area (Å²) in [6, 6.07) is 8.49. The number of likely N-dealkylation sites (tertiary alicyclic amines) is 1. The molecule has 0 saturated carbocycles. The summed E-state index contributed by atoms with van der Waals surface area (Å²) in [4.78, 5) is 17.0. The Morgan fingerprint density at radius 1 is 1.04 bits per heavy atom. The molecule has 0 N–H and O–H groups in total. The molecule has 6 nitrogen and oxygen atoms in total. The number of benzene rings is 1. The lowest BCUT2D eigenvalue weighted by Crippen LogP contribution is -2.53. The van der Waals surface area contributed by atoms with Crippen LogP contribution < -0.4 is 0 Å². The molecular formula is C17H25N3O3S. The minimum atomic E-state index is -3.46. The Kier molecular flexibility index (Phi) is 5.22. The van der Waals surface area contributed by atoms with E-state index in [0.717, 1.165) is 25.9 Å². The lowest BCUT2D eigenvalue weighted by atomic mass is 9.97. The topological polar surface area (TPSA) is 60.9 Å². The molecule has 0 unspecified atom stereocenters. The maximum atomic E-state index is 12.7. The van der Waals surface area contributed by atoms with Gasteiger partial charge in [0.05, 0.1) is 10.8 Å². The van der Waals surface area contributed by atoms with Gasteiger partial charge in [0.15, 0.2) is 0 Å². The van der Waals surface area contributed by atoms with E-state index in [-0.39, 0.29) is 11.8 Å². The number of rotatable bonds is 3. The monoisotopic (exact) mass is 351 g/mol. The zero-order chi connectivity index (χ0) is 17.2. The summed E-state index contributed by atoms with van der Waals surface area (Å²) >= 11 is 0. The van der Waals surface area contributed by atoms with Gasteiger partial charge in [-0.05, 0) is 38.6 Å². The van der Waals surface area contributed by atoms with Gasteiger partial charge < -0.3 is 9.80 Å². The first-order valence-electron chi connectivity index (χ1n) is 8.51. The van der Waals surface area contributed by atoms with E-state index in [1.807, 2.05) is 11.9 Å². The van der Waals surface area contributed by atoms with Gasteiger partial charge in [0.2, 0.25) is 15.9 Å². The Hall–Kier alpha value is -1.44. The van der Waals surface area contributed by atoms with Crippen LogP contribution in [-0.2, 0) is 14.8 Å². The second kappa shape index (κ2) is 7.21. The molecule has 2 heterocycles. The number of carbonyl (C=O) groups is 1. The van der Waals surface area contributed by atoms with E-state index in [0.29, 0.717) is 31.1 Å². The summed E-state index contributed by atoms with van der Waals surface area (Å²) in [5.74, 6) is 0.235. The summed E-state index contributed by atoms with van der Waals surface area (Å²) in [6.45, 7) is 3.54. The molecule has 0 aliphatic carbocycles. The number of piperazine rings is 1. The van der Waals surface area contributed by atoms with Crippen molar-refractivity contribution >= 4 is 15.9 Å². The molecule has 7 heteroatoms. The van der Waals surface area contributed by atoms with Crippen LogP contribution in [-0.4, -0.2) is 74.7 Å². The van der Waals surface area contributed by atoms with Gasteiger partial charge in [-0.15, -0.1) is 0 Å². The van der Waals surface area contributed by atoms with Crippen molar-refractivity contribution in [1.82, 2.24) is 14.1 Å². The van der Waals surface area contributed by atoms with Crippen LogP contribution in [0.15, 0.2) is 35.2 Å². The SMILES string of the molecule is CN1CCC[C@@H](C(=O)N2CCN(S(=O)(=O)c3ccccc3)CC2)C1. The highest BCUT2D eigenvalue weighted by atomic mass is 32.2. The van der Waals surface area contributed by atoms with Gasteiger partial charge in [-0.1, -0.05) is 18.2 Å². The fraction of sp³-hybridized carbons (Fsp3) is 0.588. The highest BCUT2D eigenvalue weighted by molar-refractivity contribution is 7.89. The van der Waals surface area contributed by atoms with Gasteiger partial charge in [-0.2, -0.15) is 4.31 Å². The molecule has 2 aliphatic rings. The van der Waals surface area contributed by atoms with Gasteiger partial charge in [-0.3, -0.25) is 4.79 Å². The summed E-state index contributed by atoms with van der Waals surface area (Å²) < 4.78 is 26.7. The van der Waals surface area contributed by atoms with Crippen molar-refractivity contribution < 1.29 is 13.2 Å². The molecule has 0 bridgehead atoms. The molecule has 1 aromatic rings. The molecule has 1 amide bonds. The minimum absolute atomic E-state index is 0.0565. The summed E-state index contributed by atoms with van der Waals surface area (Å²) in [7, 11) is -1.41. The van der Waals surface area contributed by atoms with E-state index < -0.39 is 10.0 Å². The highest BCUT2D eigenvalue weighted by Gasteiger charge is 2.33. The molecule has 1 atom stereocenters. The maximum Gasteiger partial charge on any atom is 0.243 e. The van der Waals surface area contributed by atoms with Crippen LogP contribution >= 0.6 is 0 Å². The molecule has 2 saturated heterocycles. The van der Waals surface area contributed by atoms with Crippen molar-refractivity contribution in [2.75, 3.05) is 46.3 Å². The fourth-order valence-electron chi connectivity index (χ4n) is 3.52. The Labute approximate surface area is 144 Å². The molecule has 24 heavy (non-hydrogen) atoms. The van der Waals surface area contributed by atoms with Crippen LogP contribution in [0.5, 0.6) is 0 Å². The van der Waals surface area contributed by atoms with E-state index >= 15 is 0 Å². The van der Waals surface area contributed by atoms with Crippen LogP contribution in [0.1, 0.15) is 12.8 Å². The zero-order valence-electron chi connectivity index (χ0n) is 14.1. The van der Waals surface area contributed by atoms with Crippen LogP contribution in [0.3, 0.4) is 0 Å². The minimum Gasteiger partial charge on any atom is -0.340 e. The van der Waals surface area contributed by atoms with Crippen molar-refractivity contribution in [3.63, 3.8) is 0 Å². The first-order chi connectivity index (χ1) is 11.5. The first kappa shape index (κ1) is 17.4. The quantitative estimate of drug-likeness (QED) is 0.810. The summed E-state index contributed by atoms with van der Waals surface area (Å²) in [6.07, 6.45) is 1.99. The van der Waals surface area contributed by atoms with E-state index in [4.69, 9.17) is 0 Å². The first-order valence-corrected chi connectivity index (χ1v) is 9.95. The third-order valence-corrected chi connectivity index (χ3v) is 6.82. The molecule has 3 rings (SSSR count). The largest absolute Gasteiger partial charge is 0.340 e. The van der Waals surface area contributed by atoms with Gasteiger partial charge in [-0.25, -0.2) is 8.42 Å². The van der Waals surface area contributed by atoms with Crippen LogP contribution in [0, 0.1) is 5.92 Å². The summed E-state index contributed by atoms with van der Waals surface area (Å²) in [5.41, 5.74) is 0. The molecule has 0 radical (unpaired) electrons. The van der Waals surface area contributed by atoms with Crippen molar-refractivity contribution in [3.8, 4) is 0 Å². The van der Waals surface area contributed by atoms with Crippen molar-refractivity contribution in [3.05, 3.63) is 30.3 Å². The standard InChI is InChI=1S/C17H25N3O3S/c1-18-9-5-6-15(14-18)17(21)19-10-12-20(13-11-19)24(22,23)16-7-3-2-4-8-16/h2-4,7-8,15H,5-6,9-14H2,1H3/t15-/m1/s1. The molecule has 132 valence electrons. The third-order valence-electron chi connectivity index (χ3n) is 4.91. The maximum absolute atomic E-state index is 12.7. The normalized spacial score (nSPS) is 24.0. The van der Waals surface area contributed by atoms with Gasteiger partial charge in [0.1, 0.15) is 0 Å². The van der Waals surface area contributed by atoms with Gasteiger partial charge in [0.25, 0.3) is 0 Å². The number of hydrogen-bond acceptors (Lipinski definition) is 4. The Balaban J connectivity index is 1.60. The van der Waals surface area contributed by atoms with Crippen molar-refractivity contribution in [2.45, 2.75) is 17.7 Å². The molecule has 0 aromatic heterocycles. The number of hydrogen-bond donors (Lipinski definition) is 0. The number of piperidine rings is 1. The number of carbonyl (C=O) groups excluding carboxylic acids is 1. The predicted molar refractivity (Wildman–Crippen MR) is 92.0 cm³/mol. The molecular weight excluding hydrogens is 326 g/mol. The number of nitrogens with zero attached hydrogens (tertiary/aromatic N) is 3.